The molecule has 192 valence electrons. The molecule has 0 radical (unpaired) electrons. The van der Waals surface area contributed by atoms with Gasteiger partial charge in [0.1, 0.15) is 23.1 Å². The van der Waals surface area contributed by atoms with Crippen LogP contribution in [0.2, 0.25) is 0 Å². The van der Waals surface area contributed by atoms with E-state index in [9.17, 15) is 18.5 Å². The van der Waals surface area contributed by atoms with Crippen LogP contribution in [0.15, 0.2) is 71.9 Å². The summed E-state index contributed by atoms with van der Waals surface area (Å²) in [6.45, 7) is 5.70. The summed E-state index contributed by atoms with van der Waals surface area (Å²) in [6.07, 6.45) is 1.32. The van der Waals surface area contributed by atoms with Crippen LogP contribution in [0.5, 0.6) is 17.4 Å². The van der Waals surface area contributed by atoms with Crippen molar-refractivity contribution in [1.82, 2.24) is 14.7 Å². The van der Waals surface area contributed by atoms with Crippen molar-refractivity contribution in [1.29, 1.82) is 5.26 Å². The highest BCUT2D eigenvalue weighted by atomic mass is 32.2. The number of sulfonamides is 1. The van der Waals surface area contributed by atoms with E-state index >= 15 is 0 Å². The number of aromatic nitrogens is 2. The third-order valence-electron chi connectivity index (χ3n) is 5.67. The number of nitrogens with zero attached hydrogens (tertiary/aromatic N) is 3. The van der Waals surface area contributed by atoms with Gasteiger partial charge in [0.05, 0.1) is 18.4 Å². The fourth-order valence-electron chi connectivity index (χ4n) is 3.95. The smallest absolute Gasteiger partial charge is 0.281 e. The maximum atomic E-state index is 13.2. The van der Waals surface area contributed by atoms with E-state index < -0.39 is 15.9 Å². The molecule has 4 rings (SSSR count). The predicted molar refractivity (Wildman–Crippen MR) is 141 cm³/mol. The molecule has 0 unspecified atom stereocenters. The van der Waals surface area contributed by atoms with Crippen molar-refractivity contribution in [2.24, 2.45) is 0 Å². The zero-order chi connectivity index (χ0) is 27.4. The van der Waals surface area contributed by atoms with Gasteiger partial charge >= 0.3 is 0 Å². The Hall–Kier alpha value is -4.75. The number of pyridine rings is 2. The molecule has 2 heterocycles. The monoisotopic (exact) mass is 528 g/mol. The molecule has 2 aromatic carbocycles. The van der Waals surface area contributed by atoms with Crippen LogP contribution in [0, 0.1) is 32.1 Å². The van der Waals surface area contributed by atoms with Crippen LogP contribution < -0.4 is 14.2 Å². The summed E-state index contributed by atoms with van der Waals surface area (Å²) in [5, 5.41) is 9.00. The maximum Gasteiger partial charge on any atom is 0.281 e. The lowest BCUT2D eigenvalue weighted by Crippen LogP contribution is -2.31. The van der Waals surface area contributed by atoms with Crippen molar-refractivity contribution >= 4 is 15.9 Å². The Morgan fingerprint density at radius 3 is 2.37 bits per heavy atom. The van der Waals surface area contributed by atoms with Gasteiger partial charge in [-0.05, 0) is 68.3 Å². The van der Waals surface area contributed by atoms with Crippen LogP contribution in [-0.2, 0) is 10.0 Å². The van der Waals surface area contributed by atoms with Crippen molar-refractivity contribution in [2.75, 3.05) is 7.11 Å². The zero-order valence-electron chi connectivity index (χ0n) is 21.1. The highest BCUT2D eigenvalue weighted by molar-refractivity contribution is 7.90. The molecule has 9 nitrogen and oxygen atoms in total. The average molecular weight is 529 g/mol. The van der Waals surface area contributed by atoms with Crippen LogP contribution in [0.3, 0.4) is 0 Å². The zero-order valence-corrected chi connectivity index (χ0v) is 22.0. The number of ether oxygens (including phenoxy) is 2. The molecular formula is C28H24N4O5S. The number of aryl methyl sites for hydroxylation is 3. The third kappa shape index (κ3) is 5.48. The van der Waals surface area contributed by atoms with E-state index in [1.165, 1.54) is 31.5 Å². The van der Waals surface area contributed by atoms with E-state index in [2.05, 4.69) is 16.0 Å². The normalized spacial score (nSPS) is 10.9. The summed E-state index contributed by atoms with van der Waals surface area (Å²) in [6, 6.07) is 18.2. The predicted octanol–water partition coefficient (Wildman–Crippen LogP) is 4.86. The first-order valence-electron chi connectivity index (χ1n) is 11.5. The van der Waals surface area contributed by atoms with Gasteiger partial charge < -0.3 is 9.47 Å². The Balaban J connectivity index is 1.80. The first-order valence-corrected chi connectivity index (χ1v) is 12.9. The summed E-state index contributed by atoms with van der Waals surface area (Å²) in [5.74, 6) is -0.152. The van der Waals surface area contributed by atoms with Gasteiger partial charge in [0.2, 0.25) is 5.88 Å². The molecule has 0 bridgehead atoms. The molecule has 0 fully saturated rings. The second-order valence-corrected chi connectivity index (χ2v) is 10.1. The molecule has 38 heavy (non-hydrogen) atoms. The number of hydrogen-bond donors (Lipinski definition) is 1. The topological polar surface area (TPSA) is 131 Å². The van der Waals surface area contributed by atoms with E-state index in [1.807, 2.05) is 37.6 Å². The Bertz CT molecular complexity index is 1660. The Morgan fingerprint density at radius 2 is 1.74 bits per heavy atom. The number of methoxy groups -OCH3 is 1. The van der Waals surface area contributed by atoms with Gasteiger partial charge in [-0.3, -0.25) is 4.79 Å². The number of rotatable bonds is 7. The number of amides is 1. The standard InChI is InChI=1S/C28H24N4O5S/c1-17-13-18(2)26(19(3)14-17)37-28-22(27(33)32-38(34,35)25-7-5-6-12-30-25)10-11-23(31-28)20-8-9-21(16-29)24(15-20)36-4/h5-15H,1-4H3,(H,32,33). The largest absolute Gasteiger partial charge is 0.495 e. The van der Waals surface area contributed by atoms with E-state index in [0.717, 1.165) is 16.7 Å². The van der Waals surface area contributed by atoms with Crippen LogP contribution in [0.4, 0.5) is 0 Å². The van der Waals surface area contributed by atoms with Crippen LogP contribution in [0.1, 0.15) is 32.6 Å². The SMILES string of the molecule is COc1cc(-c2ccc(C(=O)NS(=O)(=O)c3ccccn3)c(Oc3c(C)cc(C)cc3C)n2)ccc1C#N. The van der Waals surface area contributed by atoms with Gasteiger partial charge in [0, 0.05) is 11.8 Å². The second kappa shape index (κ2) is 10.7. The fraction of sp³-hybridized carbons (Fsp3) is 0.143. The van der Waals surface area contributed by atoms with Crippen molar-refractivity contribution in [3.8, 4) is 34.7 Å². The van der Waals surface area contributed by atoms with E-state index in [4.69, 9.17) is 9.47 Å². The second-order valence-electron chi connectivity index (χ2n) is 8.51. The minimum atomic E-state index is -4.24. The van der Waals surface area contributed by atoms with Gasteiger partial charge in [-0.15, -0.1) is 0 Å². The van der Waals surface area contributed by atoms with Gasteiger partial charge in [-0.25, -0.2) is 14.7 Å². The third-order valence-corrected chi connectivity index (χ3v) is 6.91. The van der Waals surface area contributed by atoms with Crippen LogP contribution >= 0.6 is 0 Å². The number of carbonyl (C=O) groups excluding carboxylic acids is 1. The Labute approximate surface area is 220 Å². The summed E-state index contributed by atoms with van der Waals surface area (Å²) < 4.78 is 39.0. The Morgan fingerprint density at radius 1 is 1.00 bits per heavy atom. The van der Waals surface area contributed by atoms with Crippen molar-refractivity contribution in [3.63, 3.8) is 0 Å². The van der Waals surface area contributed by atoms with Crippen molar-refractivity contribution in [2.45, 2.75) is 25.8 Å². The van der Waals surface area contributed by atoms with Crippen molar-refractivity contribution < 1.29 is 22.7 Å². The van der Waals surface area contributed by atoms with E-state index in [1.54, 1.807) is 30.3 Å². The number of hydrogen-bond acceptors (Lipinski definition) is 8. The minimum Gasteiger partial charge on any atom is -0.495 e. The van der Waals surface area contributed by atoms with Crippen LogP contribution in [-0.4, -0.2) is 31.4 Å². The Kier molecular flexibility index (Phi) is 7.41. The van der Waals surface area contributed by atoms with Gasteiger partial charge in [0.15, 0.2) is 5.03 Å². The lowest BCUT2D eigenvalue weighted by atomic mass is 10.1. The summed E-state index contributed by atoms with van der Waals surface area (Å²) in [5.41, 5.74) is 3.98. The quantitative estimate of drug-likeness (QED) is 0.360. The lowest BCUT2D eigenvalue weighted by Gasteiger charge is -2.16. The molecule has 0 spiro atoms. The molecular weight excluding hydrogens is 504 g/mol. The molecule has 1 N–H and O–H groups in total. The average Bonchev–Trinajstić information content (AvgIpc) is 2.90. The molecule has 0 aliphatic rings. The summed E-state index contributed by atoms with van der Waals surface area (Å²) in [4.78, 5) is 21.6. The first kappa shape index (κ1) is 26.3. The number of carbonyl (C=O) groups is 1. The maximum absolute atomic E-state index is 13.2. The lowest BCUT2D eigenvalue weighted by molar-refractivity contribution is 0.0978. The molecule has 2 aromatic heterocycles. The van der Waals surface area contributed by atoms with Gasteiger partial charge in [-0.2, -0.15) is 13.7 Å². The van der Waals surface area contributed by atoms with E-state index in [0.29, 0.717) is 28.3 Å². The molecule has 0 aliphatic heterocycles. The number of nitrogens with one attached hydrogen (secondary N) is 1. The number of benzene rings is 2. The highest BCUT2D eigenvalue weighted by Crippen LogP contribution is 2.33. The molecule has 4 aromatic rings. The highest BCUT2D eigenvalue weighted by Gasteiger charge is 2.24. The number of nitriles is 1. The van der Waals surface area contributed by atoms with E-state index in [-0.39, 0.29) is 16.5 Å². The first-order chi connectivity index (χ1) is 18.1. The molecule has 0 aliphatic carbocycles. The fourth-order valence-corrected chi connectivity index (χ4v) is 4.87. The molecule has 10 heteroatoms. The molecule has 0 atom stereocenters. The van der Waals surface area contributed by atoms with Crippen molar-refractivity contribution in [3.05, 3.63) is 94.7 Å². The molecule has 0 saturated carbocycles. The van der Waals surface area contributed by atoms with Crippen LogP contribution in [0.25, 0.3) is 11.3 Å². The summed E-state index contributed by atoms with van der Waals surface area (Å²) >= 11 is 0. The van der Waals surface area contributed by atoms with Gasteiger partial charge in [-0.1, -0.05) is 29.8 Å². The molecule has 1 amide bonds. The van der Waals surface area contributed by atoms with Gasteiger partial charge in [0.25, 0.3) is 15.9 Å². The molecule has 0 saturated heterocycles. The minimum absolute atomic E-state index is 0.0883. The summed E-state index contributed by atoms with van der Waals surface area (Å²) in [7, 11) is -2.78.